The Bertz CT molecular complexity index is 869. The molecule has 0 spiro atoms. The molecule has 1 atom stereocenters. The molecule has 0 saturated carbocycles. The average molecular weight is 417 g/mol. The molecule has 2 rings (SSSR count). The first-order chi connectivity index (χ1) is 13.9. The Balaban J connectivity index is 2.08. The highest BCUT2D eigenvalue weighted by molar-refractivity contribution is 6.32. The van der Waals surface area contributed by atoms with E-state index in [0.29, 0.717) is 35.1 Å². The van der Waals surface area contributed by atoms with Crippen LogP contribution in [0.4, 0.5) is 0 Å². The Kier molecular flexibility index (Phi) is 8.55. The minimum absolute atomic E-state index is 0.318. The summed E-state index contributed by atoms with van der Waals surface area (Å²) >= 11 is 6.28. The Morgan fingerprint density at radius 1 is 1.24 bits per heavy atom. The van der Waals surface area contributed by atoms with E-state index in [9.17, 15) is 9.59 Å². The molecule has 0 aliphatic rings. The van der Waals surface area contributed by atoms with Crippen molar-refractivity contribution in [3.05, 3.63) is 64.7 Å². The molecule has 3 N–H and O–H groups in total. The lowest BCUT2D eigenvalue weighted by Gasteiger charge is -2.14. The Hall–Kier alpha value is -2.99. The summed E-state index contributed by atoms with van der Waals surface area (Å²) in [6, 6.07) is 11.9. The summed E-state index contributed by atoms with van der Waals surface area (Å²) in [6.07, 6.45) is 4.05. The Morgan fingerprint density at radius 2 is 1.97 bits per heavy atom. The Labute approximate surface area is 175 Å². The highest BCUT2D eigenvalue weighted by Gasteiger charge is 2.17. The smallest absolute Gasteiger partial charge is 0.244 e. The summed E-state index contributed by atoms with van der Waals surface area (Å²) in [6.45, 7) is 2.51. The topological polar surface area (TPSA) is 90.6 Å². The van der Waals surface area contributed by atoms with Gasteiger partial charge < -0.3 is 20.5 Å². The van der Waals surface area contributed by atoms with E-state index in [1.54, 1.807) is 18.2 Å². The number of halogens is 1. The fourth-order valence-corrected chi connectivity index (χ4v) is 2.92. The fraction of sp³-hybridized carbons (Fsp3) is 0.273. The normalized spacial score (nSPS) is 11.8. The van der Waals surface area contributed by atoms with Gasteiger partial charge in [0.2, 0.25) is 11.8 Å². The zero-order valence-corrected chi connectivity index (χ0v) is 17.2. The van der Waals surface area contributed by atoms with Crippen molar-refractivity contribution in [1.82, 2.24) is 5.32 Å². The van der Waals surface area contributed by atoms with Crippen LogP contribution in [0, 0.1) is 0 Å². The molecule has 0 aromatic heterocycles. The minimum atomic E-state index is -0.808. The molecule has 0 radical (unpaired) electrons. The molecule has 0 aliphatic carbocycles. The number of nitrogens with two attached hydrogens (primary N) is 1. The minimum Gasteiger partial charge on any atom is -0.493 e. The second kappa shape index (κ2) is 11.1. The lowest BCUT2D eigenvalue weighted by Crippen LogP contribution is -2.45. The number of hydrogen-bond donors (Lipinski definition) is 2. The quantitative estimate of drug-likeness (QED) is 0.581. The summed E-state index contributed by atoms with van der Waals surface area (Å²) in [7, 11) is 1.52. The number of carbonyl (C=O) groups is 2. The van der Waals surface area contributed by atoms with Crippen molar-refractivity contribution in [3.8, 4) is 11.5 Å². The first-order valence-electron chi connectivity index (χ1n) is 9.26. The van der Waals surface area contributed by atoms with E-state index in [1.807, 2.05) is 37.3 Å². The summed E-state index contributed by atoms with van der Waals surface area (Å²) in [5, 5.41) is 3.01. The number of nitrogens with one attached hydrogen (secondary N) is 1. The Morgan fingerprint density at radius 3 is 2.59 bits per heavy atom. The van der Waals surface area contributed by atoms with Gasteiger partial charge in [0.25, 0.3) is 0 Å². The third-order valence-electron chi connectivity index (χ3n) is 4.07. The molecule has 29 heavy (non-hydrogen) atoms. The van der Waals surface area contributed by atoms with Crippen molar-refractivity contribution in [1.29, 1.82) is 0 Å². The molecular formula is C22H25ClN2O4. The second-order valence-corrected chi connectivity index (χ2v) is 6.78. The number of rotatable bonds is 10. The van der Waals surface area contributed by atoms with E-state index >= 15 is 0 Å². The van der Waals surface area contributed by atoms with Crippen LogP contribution in [0.2, 0.25) is 5.02 Å². The number of primary amides is 1. The molecule has 2 aromatic rings. The molecule has 2 aromatic carbocycles. The van der Waals surface area contributed by atoms with Crippen LogP contribution in [-0.4, -0.2) is 31.6 Å². The van der Waals surface area contributed by atoms with Gasteiger partial charge in [0, 0.05) is 12.5 Å². The molecule has 0 saturated heterocycles. The maximum absolute atomic E-state index is 12.3. The van der Waals surface area contributed by atoms with Gasteiger partial charge in [0.15, 0.2) is 11.5 Å². The SMILES string of the molecule is CCCOc1c(Cl)cc(/C=C\C(=O)N[C@H](Cc2ccccc2)C(N)=O)cc1OC. The zero-order valence-electron chi connectivity index (χ0n) is 16.5. The highest BCUT2D eigenvalue weighted by atomic mass is 35.5. The van der Waals surface area contributed by atoms with Crippen molar-refractivity contribution in [2.45, 2.75) is 25.8 Å². The van der Waals surface area contributed by atoms with Crippen LogP contribution in [0.1, 0.15) is 24.5 Å². The average Bonchev–Trinajstić information content (AvgIpc) is 2.71. The van der Waals surface area contributed by atoms with Gasteiger partial charge in [-0.15, -0.1) is 0 Å². The van der Waals surface area contributed by atoms with Crippen LogP contribution in [0.15, 0.2) is 48.5 Å². The van der Waals surface area contributed by atoms with Crippen molar-refractivity contribution < 1.29 is 19.1 Å². The van der Waals surface area contributed by atoms with Gasteiger partial charge in [-0.25, -0.2) is 0 Å². The molecule has 7 heteroatoms. The second-order valence-electron chi connectivity index (χ2n) is 6.37. The van der Waals surface area contributed by atoms with Crippen LogP contribution in [0.25, 0.3) is 6.08 Å². The zero-order chi connectivity index (χ0) is 21.2. The lowest BCUT2D eigenvalue weighted by molar-refractivity contribution is -0.124. The number of methoxy groups -OCH3 is 1. The molecule has 0 heterocycles. The van der Waals surface area contributed by atoms with Gasteiger partial charge in [0.05, 0.1) is 18.7 Å². The molecule has 0 aliphatic heterocycles. The van der Waals surface area contributed by atoms with E-state index in [4.69, 9.17) is 26.8 Å². The number of hydrogen-bond acceptors (Lipinski definition) is 4. The molecule has 0 fully saturated rings. The molecule has 6 nitrogen and oxygen atoms in total. The lowest BCUT2D eigenvalue weighted by atomic mass is 10.1. The van der Waals surface area contributed by atoms with E-state index in [2.05, 4.69) is 5.32 Å². The van der Waals surface area contributed by atoms with Gasteiger partial charge in [-0.1, -0.05) is 48.9 Å². The summed E-state index contributed by atoms with van der Waals surface area (Å²) < 4.78 is 10.9. The number of benzene rings is 2. The van der Waals surface area contributed by atoms with Gasteiger partial charge in [-0.3, -0.25) is 9.59 Å². The maximum atomic E-state index is 12.3. The highest BCUT2D eigenvalue weighted by Crippen LogP contribution is 2.36. The van der Waals surface area contributed by atoms with Crippen molar-refractivity contribution in [2.75, 3.05) is 13.7 Å². The predicted octanol–water partition coefficient (Wildman–Crippen LogP) is 3.36. The van der Waals surface area contributed by atoms with E-state index < -0.39 is 17.9 Å². The molecular weight excluding hydrogens is 392 g/mol. The first-order valence-corrected chi connectivity index (χ1v) is 9.64. The molecule has 0 unspecified atom stereocenters. The van der Waals surface area contributed by atoms with Crippen LogP contribution in [0.3, 0.4) is 0 Å². The first kappa shape index (κ1) is 22.3. The van der Waals surface area contributed by atoms with Crippen LogP contribution >= 0.6 is 11.6 Å². The predicted molar refractivity (Wildman–Crippen MR) is 114 cm³/mol. The fourth-order valence-electron chi connectivity index (χ4n) is 2.64. The number of ether oxygens (including phenoxy) is 2. The van der Waals surface area contributed by atoms with Gasteiger partial charge in [-0.05, 0) is 35.8 Å². The van der Waals surface area contributed by atoms with Crippen LogP contribution in [-0.2, 0) is 16.0 Å². The maximum Gasteiger partial charge on any atom is 0.244 e. The molecule has 0 bridgehead atoms. The standard InChI is InChI=1S/C22H25ClN2O4/c1-3-11-29-21-17(23)12-16(14-19(21)28-2)9-10-20(26)25-18(22(24)27)13-15-7-5-4-6-8-15/h4-10,12,14,18H,3,11,13H2,1-2H3,(H2,24,27)(H,25,26)/b10-9-/t18-/m1/s1. The van der Waals surface area contributed by atoms with Gasteiger partial charge in [-0.2, -0.15) is 0 Å². The largest absolute Gasteiger partial charge is 0.493 e. The van der Waals surface area contributed by atoms with Crippen LogP contribution in [0.5, 0.6) is 11.5 Å². The summed E-state index contributed by atoms with van der Waals surface area (Å²) in [5.74, 6) is -0.0942. The van der Waals surface area contributed by atoms with Crippen molar-refractivity contribution in [2.24, 2.45) is 5.73 Å². The number of carbonyl (C=O) groups excluding carboxylic acids is 2. The van der Waals surface area contributed by atoms with Crippen LogP contribution < -0.4 is 20.5 Å². The summed E-state index contributed by atoms with van der Waals surface area (Å²) in [5.41, 5.74) is 6.99. The van der Waals surface area contributed by atoms with E-state index in [-0.39, 0.29) is 0 Å². The third-order valence-corrected chi connectivity index (χ3v) is 4.35. The monoisotopic (exact) mass is 416 g/mol. The van der Waals surface area contributed by atoms with E-state index in [1.165, 1.54) is 13.2 Å². The molecule has 154 valence electrons. The van der Waals surface area contributed by atoms with Crippen molar-refractivity contribution in [3.63, 3.8) is 0 Å². The summed E-state index contributed by atoms with van der Waals surface area (Å²) in [4.78, 5) is 24.0. The molecule has 2 amide bonds. The van der Waals surface area contributed by atoms with E-state index in [0.717, 1.165) is 12.0 Å². The van der Waals surface area contributed by atoms with Gasteiger partial charge in [0.1, 0.15) is 6.04 Å². The van der Waals surface area contributed by atoms with Gasteiger partial charge >= 0.3 is 0 Å². The van der Waals surface area contributed by atoms with Crippen molar-refractivity contribution >= 4 is 29.5 Å². The third kappa shape index (κ3) is 6.84. The number of amides is 2.